The van der Waals surface area contributed by atoms with E-state index in [1.54, 1.807) is 0 Å². The quantitative estimate of drug-likeness (QED) is 0.337. The van der Waals surface area contributed by atoms with E-state index >= 15 is 0 Å². The molecule has 13 heteroatoms. The molecule has 4 N–H and O–H groups in total. The topological polar surface area (TPSA) is 133 Å². The molecule has 2 aromatic carbocycles. The zero-order valence-electron chi connectivity index (χ0n) is 20.0. The van der Waals surface area contributed by atoms with Crippen LogP contribution in [0.2, 0.25) is 5.02 Å². The standard InChI is InChI=1S/C25H27ClF3NO7S/c26-19-4-1-13(24(33)30-16-8-20(27)23(29)21(28)9-16)5-22(19)38(35,36)18-6-14-2-3-15(7-18)25(14,34)12-37-11-17(32)10-31/h1,4-5,8-9,14-15,17-18,31-32,34H,2-3,6-7,10-12H2,(H,30,33)/t14-,15?,17?,18-,25-/m0/s1. The maximum absolute atomic E-state index is 13.6. The molecule has 2 bridgehead atoms. The zero-order chi connectivity index (χ0) is 27.8. The third kappa shape index (κ3) is 5.56. The lowest BCUT2D eigenvalue weighted by molar-refractivity contribution is -0.125. The number of fused-ring (bicyclic) bond motifs is 2. The summed E-state index contributed by atoms with van der Waals surface area (Å²) in [6, 6.07) is 4.73. The minimum atomic E-state index is -4.06. The lowest BCUT2D eigenvalue weighted by atomic mass is 9.75. The second kappa shape index (κ2) is 11.1. The number of amides is 1. The highest BCUT2D eigenvalue weighted by atomic mass is 35.5. The van der Waals surface area contributed by atoms with E-state index in [0.717, 1.165) is 6.07 Å². The molecule has 8 nitrogen and oxygen atoms in total. The summed E-state index contributed by atoms with van der Waals surface area (Å²) in [5, 5.41) is 30.9. The molecule has 0 radical (unpaired) electrons. The Bertz CT molecular complexity index is 1290. The van der Waals surface area contributed by atoms with Crippen molar-refractivity contribution in [2.75, 3.05) is 25.1 Å². The number of carbonyl (C=O) groups excluding carboxylic acids is 1. The summed E-state index contributed by atoms with van der Waals surface area (Å²) in [6.07, 6.45) is 0.338. The Morgan fingerprint density at radius 2 is 1.74 bits per heavy atom. The SMILES string of the molecule is O=C(Nc1cc(F)c(F)c(F)c1)c1ccc(Cl)c(S(=O)(=O)[C@@H]2CC3CC[C@@H](C2)[C@@]3(O)COCC(O)CO)c1. The first-order chi connectivity index (χ1) is 17.9. The number of ether oxygens (including phenoxy) is 1. The Labute approximate surface area is 222 Å². The molecule has 2 fully saturated rings. The first-order valence-corrected chi connectivity index (χ1v) is 13.9. The minimum Gasteiger partial charge on any atom is -0.394 e. The van der Waals surface area contributed by atoms with Crippen molar-refractivity contribution >= 4 is 33.0 Å². The number of nitrogens with one attached hydrogen (secondary N) is 1. The molecule has 1 amide bonds. The molecule has 0 saturated heterocycles. The van der Waals surface area contributed by atoms with Crippen LogP contribution in [0.15, 0.2) is 35.2 Å². The van der Waals surface area contributed by atoms with Gasteiger partial charge < -0.3 is 25.4 Å². The average molecular weight is 578 g/mol. The van der Waals surface area contributed by atoms with Gasteiger partial charge in [-0.15, -0.1) is 0 Å². The van der Waals surface area contributed by atoms with Gasteiger partial charge in [0, 0.05) is 23.4 Å². The van der Waals surface area contributed by atoms with Gasteiger partial charge in [0.05, 0.1) is 40.6 Å². The number of sulfone groups is 1. The molecule has 0 aromatic heterocycles. The number of aliphatic hydroxyl groups excluding tert-OH is 2. The Kier molecular flexibility index (Phi) is 8.41. The molecular weight excluding hydrogens is 551 g/mol. The van der Waals surface area contributed by atoms with Gasteiger partial charge in [-0.25, -0.2) is 21.6 Å². The third-order valence-corrected chi connectivity index (χ3v) is 10.1. The monoisotopic (exact) mass is 577 g/mol. The fourth-order valence-electron chi connectivity index (χ4n) is 5.38. The van der Waals surface area contributed by atoms with Crippen LogP contribution in [-0.2, 0) is 14.6 Å². The van der Waals surface area contributed by atoms with Crippen molar-refractivity contribution in [3.05, 3.63) is 58.4 Å². The summed E-state index contributed by atoms with van der Waals surface area (Å²) in [7, 11) is -4.06. The van der Waals surface area contributed by atoms with Gasteiger partial charge in [-0.3, -0.25) is 4.79 Å². The molecule has 2 aliphatic rings. The molecule has 4 rings (SSSR count). The van der Waals surface area contributed by atoms with E-state index in [1.807, 2.05) is 0 Å². The summed E-state index contributed by atoms with van der Waals surface area (Å²) >= 11 is 6.21. The fourth-order valence-corrected chi connectivity index (χ4v) is 7.79. The van der Waals surface area contributed by atoms with Crippen molar-refractivity contribution in [1.29, 1.82) is 0 Å². The molecule has 5 atom stereocenters. The number of benzene rings is 2. The van der Waals surface area contributed by atoms with Crippen molar-refractivity contribution in [3.63, 3.8) is 0 Å². The number of halogens is 4. The Hall–Kier alpha value is -2.22. The highest BCUT2D eigenvalue weighted by molar-refractivity contribution is 7.92. The van der Waals surface area contributed by atoms with Gasteiger partial charge in [0.1, 0.15) is 6.10 Å². The van der Waals surface area contributed by atoms with E-state index in [4.69, 9.17) is 21.4 Å². The molecule has 2 aromatic rings. The maximum Gasteiger partial charge on any atom is 0.255 e. The van der Waals surface area contributed by atoms with Crippen LogP contribution in [0, 0.1) is 29.3 Å². The summed E-state index contributed by atoms with van der Waals surface area (Å²) in [6.45, 7) is -0.754. The van der Waals surface area contributed by atoms with E-state index in [2.05, 4.69) is 5.32 Å². The van der Waals surface area contributed by atoms with Crippen molar-refractivity contribution in [3.8, 4) is 0 Å². The van der Waals surface area contributed by atoms with Crippen molar-refractivity contribution in [2.45, 2.75) is 47.5 Å². The Morgan fingerprint density at radius 1 is 1.13 bits per heavy atom. The van der Waals surface area contributed by atoms with Gasteiger partial charge in [-0.2, -0.15) is 0 Å². The number of anilines is 1. The van der Waals surface area contributed by atoms with Crippen molar-refractivity contribution in [1.82, 2.24) is 0 Å². The van der Waals surface area contributed by atoms with E-state index in [1.165, 1.54) is 12.1 Å². The number of hydrogen-bond donors (Lipinski definition) is 4. The molecule has 0 aliphatic heterocycles. The Balaban J connectivity index is 1.52. The third-order valence-electron chi connectivity index (χ3n) is 7.41. The molecule has 0 heterocycles. The first-order valence-electron chi connectivity index (χ1n) is 11.9. The summed E-state index contributed by atoms with van der Waals surface area (Å²) in [4.78, 5) is 12.4. The predicted octanol–water partition coefficient (Wildman–Crippen LogP) is 3.07. The molecule has 2 saturated carbocycles. The second-order valence-electron chi connectivity index (χ2n) is 9.81. The van der Waals surface area contributed by atoms with Crippen molar-refractivity contribution < 1.29 is 46.4 Å². The van der Waals surface area contributed by atoms with Crippen LogP contribution in [0.1, 0.15) is 36.0 Å². The number of aliphatic hydroxyl groups is 3. The highest BCUT2D eigenvalue weighted by Gasteiger charge is 2.55. The van der Waals surface area contributed by atoms with Gasteiger partial charge in [-0.1, -0.05) is 11.6 Å². The average Bonchev–Trinajstić information content (AvgIpc) is 3.02. The van der Waals surface area contributed by atoms with E-state index in [-0.39, 0.29) is 59.1 Å². The summed E-state index contributed by atoms with van der Waals surface area (Å²) in [5.41, 5.74) is -1.78. The zero-order valence-corrected chi connectivity index (χ0v) is 21.6. The Morgan fingerprint density at radius 3 is 2.32 bits per heavy atom. The highest BCUT2D eigenvalue weighted by Crippen LogP contribution is 2.52. The first kappa shape index (κ1) is 28.8. The molecule has 2 unspecified atom stereocenters. The number of hydrogen-bond acceptors (Lipinski definition) is 7. The molecule has 38 heavy (non-hydrogen) atoms. The lowest BCUT2D eigenvalue weighted by Gasteiger charge is -2.42. The molecule has 0 spiro atoms. The van der Waals surface area contributed by atoms with Crippen LogP contribution in [0.5, 0.6) is 0 Å². The molecule has 208 valence electrons. The van der Waals surface area contributed by atoms with Crippen LogP contribution < -0.4 is 5.32 Å². The minimum absolute atomic E-state index is 0.104. The van der Waals surface area contributed by atoms with Gasteiger partial charge in [0.25, 0.3) is 5.91 Å². The predicted molar refractivity (Wildman–Crippen MR) is 131 cm³/mol. The number of carbonyl (C=O) groups is 1. The summed E-state index contributed by atoms with van der Waals surface area (Å²) in [5.74, 6) is -6.35. The number of rotatable bonds is 9. The van der Waals surface area contributed by atoms with Crippen LogP contribution in [0.4, 0.5) is 18.9 Å². The lowest BCUT2D eigenvalue weighted by Crippen LogP contribution is -2.51. The van der Waals surface area contributed by atoms with Gasteiger partial charge in [0.2, 0.25) is 0 Å². The van der Waals surface area contributed by atoms with Crippen molar-refractivity contribution in [2.24, 2.45) is 11.8 Å². The normalized spacial score (nSPS) is 25.8. The molecular formula is C25H27ClF3NO7S. The van der Waals surface area contributed by atoms with Crippen LogP contribution in [0.3, 0.4) is 0 Å². The van der Waals surface area contributed by atoms with Gasteiger partial charge in [0.15, 0.2) is 27.3 Å². The van der Waals surface area contributed by atoms with Crippen LogP contribution >= 0.6 is 11.6 Å². The van der Waals surface area contributed by atoms with E-state index < -0.39 is 56.8 Å². The summed E-state index contributed by atoms with van der Waals surface area (Å²) < 4.78 is 72.8. The fraction of sp³-hybridized carbons (Fsp3) is 0.480. The smallest absolute Gasteiger partial charge is 0.255 e. The molecule has 2 aliphatic carbocycles. The van der Waals surface area contributed by atoms with Gasteiger partial charge >= 0.3 is 0 Å². The van der Waals surface area contributed by atoms with E-state index in [0.29, 0.717) is 25.0 Å². The van der Waals surface area contributed by atoms with Gasteiger partial charge in [-0.05, 0) is 55.7 Å². The maximum atomic E-state index is 13.6. The second-order valence-corrected chi connectivity index (χ2v) is 12.4. The van der Waals surface area contributed by atoms with E-state index in [9.17, 15) is 36.6 Å². The largest absolute Gasteiger partial charge is 0.394 e. The van der Waals surface area contributed by atoms with Crippen LogP contribution in [-0.4, -0.2) is 66.4 Å². The van der Waals surface area contributed by atoms with Crippen LogP contribution in [0.25, 0.3) is 0 Å².